The first-order chi connectivity index (χ1) is 5.93. The van der Waals surface area contributed by atoms with Crippen LogP contribution in [0, 0.1) is 11.8 Å². The molecular weight excluding hydrogens is 150 g/mol. The van der Waals surface area contributed by atoms with Crippen molar-refractivity contribution in [3.63, 3.8) is 0 Å². The molecule has 0 bridgehead atoms. The second-order valence-electron chi connectivity index (χ2n) is 2.79. The molecule has 0 fully saturated rings. The Hall–Kier alpha value is -0.940. The minimum atomic E-state index is 0.466. The molecule has 12 heavy (non-hydrogen) atoms. The maximum absolute atomic E-state index is 5.12. The number of hydroxylamine groups is 1. The van der Waals surface area contributed by atoms with Crippen LogP contribution in [0.5, 0.6) is 0 Å². The molecule has 0 amide bonds. The van der Waals surface area contributed by atoms with Gasteiger partial charge >= 0.3 is 0 Å². The minimum absolute atomic E-state index is 0.466. The monoisotopic (exact) mass is 165 g/mol. The average Bonchev–Trinajstić information content (AvgIpc) is 2.14. The highest BCUT2D eigenvalue weighted by atomic mass is 16.6. The van der Waals surface area contributed by atoms with Crippen molar-refractivity contribution in [2.45, 2.75) is 32.6 Å². The highest BCUT2D eigenvalue weighted by molar-refractivity contribution is 5.01. The first-order valence-corrected chi connectivity index (χ1v) is 4.40. The van der Waals surface area contributed by atoms with Gasteiger partial charge in [0.2, 0.25) is 0 Å². The molecule has 0 aliphatic heterocycles. The Morgan fingerprint density at radius 1 is 1.58 bits per heavy atom. The summed E-state index contributed by atoms with van der Waals surface area (Å²) < 4.78 is 0. The van der Waals surface area contributed by atoms with Crippen molar-refractivity contribution in [3.05, 3.63) is 11.8 Å². The van der Waals surface area contributed by atoms with Crippen molar-refractivity contribution in [2.75, 3.05) is 6.61 Å². The summed E-state index contributed by atoms with van der Waals surface area (Å²) in [5, 5.41) is 0. The predicted molar refractivity (Wildman–Crippen MR) is 49.1 cm³/mol. The first kappa shape index (κ1) is 9.15. The summed E-state index contributed by atoms with van der Waals surface area (Å²) in [6.07, 6.45) is 7.05. The number of hydrogen-bond acceptors (Lipinski definition) is 2. The highest BCUT2D eigenvalue weighted by Gasteiger charge is 2.01. The summed E-state index contributed by atoms with van der Waals surface area (Å²) in [5.41, 5.74) is 4.12. The van der Waals surface area contributed by atoms with Gasteiger partial charge in [0.15, 0.2) is 0 Å². The zero-order valence-electron chi connectivity index (χ0n) is 7.52. The molecule has 0 aromatic rings. The molecule has 66 valence electrons. The minimum Gasteiger partial charge on any atom is -0.270 e. The van der Waals surface area contributed by atoms with Crippen LogP contribution in [0.25, 0.3) is 0 Å². The third-order valence-corrected chi connectivity index (χ3v) is 1.82. The standard InChI is InChI=1S/C10H15NO/c1-2-3-9-12-11-10-7-5-4-6-8-10/h7,11H,4-6,8-9H2,1H3. The number of hydrogen-bond donors (Lipinski definition) is 1. The van der Waals surface area contributed by atoms with Gasteiger partial charge in [-0.15, -0.1) is 5.92 Å². The second-order valence-corrected chi connectivity index (χ2v) is 2.79. The van der Waals surface area contributed by atoms with Crippen LogP contribution in [0.1, 0.15) is 32.6 Å². The fourth-order valence-electron chi connectivity index (χ4n) is 1.17. The highest BCUT2D eigenvalue weighted by Crippen LogP contribution is 2.14. The van der Waals surface area contributed by atoms with Gasteiger partial charge in [0.25, 0.3) is 0 Å². The van der Waals surface area contributed by atoms with Crippen molar-refractivity contribution in [2.24, 2.45) is 0 Å². The van der Waals surface area contributed by atoms with Gasteiger partial charge in [-0.2, -0.15) is 0 Å². The third-order valence-electron chi connectivity index (χ3n) is 1.82. The molecule has 0 spiro atoms. The van der Waals surface area contributed by atoms with E-state index in [9.17, 15) is 0 Å². The van der Waals surface area contributed by atoms with Crippen LogP contribution in [-0.4, -0.2) is 6.61 Å². The van der Waals surface area contributed by atoms with E-state index in [2.05, 4.69) is 23.4 Å². The van der Waals surface area contributed by atoms with Gasteiger partial charge in [-0.05, 0) is 32.6 Å². The molecule has 2 heteroatoms. The normalized spacial score (nSPS) is 15.9. The van der Waals surface area contributed by atoms with Crippen LogP contribution in [-0.2, 0) is 4.84 Å². The molecule has 0 heterocycles. The second kappa shape index (κ2) is 5.68. The molecule has 0 atom stereocenters. The Labute approximate surface area is 73.9 Å². The fourth-order valence-corrected chi connectivity index (χ4v) is 1.17. The van der Waals surface area contributed by atoms with Gasteiger partial charge < -0.3 is 0 Å². The predicted octanol–water partition coefficient (Wildman–Crippen LogP) is 1.99. The Kier molecular flexibility index (Phi) is 4.33. The molecule has 2 nitrogen and oxygen atoms in total. The Morgan fingerprint density at radius 2 is 2.50 bits per heavy atom. The summed E-state index contributed by atoms with van der Waals surface area (Å²) in [6.45, 7) is 2.27. The Bertz CT molecular complexity index is 210. The third kappa shape index (κ3) is 3.45. The van der Waals surface area contributed by atoms with Crippen LogP contribution < -0.4 is 5.48 Å². The van der Waals surface area contributed by atoms with Crippen molar-refractivity contribution < 1.29 is 4.84 Å². The molecule has 1 aliphatic carbocycles. The van der Waals surface area contributed by atoms with Gasteiger partial charge in [0.05, 0.1) is 0 Å². The quantitative estimate of drug-likeness (QED) is 0.392. The van der Waals surface area contributed by atoms with E-state index in [-0.39, 0.29) is 0 Å². The summed E-state index contributed by atoms with van der Waals surface area (Å²) in [4.78, 5) is 5.12. The van der Waals surface area contributed by atoms with Crippen LogP contribution in [0.15, 0.2) is 11.8 Å². The maximum Gasteiger partial charge on any atom is 0.135 e. The molecular formula is C10H15NO. The summed E-state index contributed by atoms with van der Waals surface area (Å²) in [5.74, 6) is 5.60. The van der Waals surface area contributed by atoms with Crippen LogP contribution in [0.3, 0.4) is 0 Å². The van der Waals surface area contributed by atoms with Crippen LogP contribution >= 0.6 is 0 Å². The molecule has 0 aromatic carbocycles. The molecule has 0 saturated carbocycles. The lowest BCUT2D eigenvalue weighted by molar-refractivity contribution is 0.0861. The van der Waals surface area contributed by atoms with Gasteiger partial charge in [0, 0.05) is 5.70 Å². The molecule has 0 aromatic heterocycles. The molecule has 1 rings (SSSR count). The molecule has 0 saturated heterocycles. The van der Waals surface area contributed by atoms with E-state index in [4.69, 9.17) is 4.84 Å². The fraction of sp³-hybridized carbons (Fsp3) is 0.600. The summed E-state index contributed by atoms with van der Waals surface area (Å²) >= 11 is 0. The zero-order valence-corrected chi connectivity index (χ0v) is 7.52. The summed E-state index contributed by atoms with van der Waals surface area (Å²) in [7, 11) is 0. The maximum atomic E-state index is 5.12. The largest absolute Gasteiger partial charge is 0.270 e. The lowest BCUT2D eigenvalue weighted by Gasteiger charge is -2.13. The number of allylic oxidation sites excluding steroid dienone is 2. The molecule has 1 N–H and O–H groups in total. The van der Waals surface area contributed by atoms with Crippen molar-refractivity contribution in [3.8, 4) is 11.8 Å². The topological polar surface area (TPSA) is 21.3 Å². The van der Waals surface area contributed by atoms with Gasteiger partial charge in [-0.25, -0.2) is 0 Å². The summed E-state index contributed by atoms with van der Waals surface area (Å²) in [6, 6.07) is 0. The Morgan fingerprint density at radius 3 is 3.17 bits per heavy atom. The van der Waals surface area contributed by atoms with Crippen molar-refractivity contribution in [1.29, 1.82) is 0 Å². The zero-order chi connectivity index (χ0) is 8.65. The van der Waals surface area contributed by atoms with Gasteiger partial charge in [0.1, 0.15) is 6.61 Å². The number of rotatable bonds is 3. The van der Waals surface area contributed by atoms with E-state index in [1.165, 1.54) is 25.0 Å². The van der Waals surface area contributed by atoms with Gasteiger partial charge in [-0.1, -0.05) is 12.0 Å². The lowest BCUT2D eigenvalue weighted by atomic mass is 10.1. The van der Waals surface area contributed by atoms with E-state index in [1.807, 2.05) is 6.92 Å². The SMILES string of the molecule is CC#CCONC1=CCCCC1. The van der Waals surface area contributed by atoms with Crippen LogP contribution in [0.4, 0.5) is 0 Å². The van der Waals surface area contributed by atoms with E-state index in [0.29, 0.717) is 6.61 Å². The van der Waals surface area contributed by atoms with E-state index in [1.54, 1.807) is 0 Å². The van der Waals surface area contributed by atoms with Crippen LogP contribution in [0.2, 0.25) is 0 Å². The van der Waals surface area contributed by atoms with Gasteiger partial charge in [-0.3, -0.25) is 10.3 Å². The van der Waals surface area contributed by atoms with E-state index >= 15 is 0 Å². The number of nitrogens with one attached hydrogen (secondary N) is 1. The smallest absolute Gasteiger partial charge is 0.135 e. The molecule has 0 radical (unpaired) electrons. The Balaban J connectivity index is 2.12. The van der Waals surface area contributed by atoms with Crippen molar-refractivity contribution >= 4 is 0 Å². The first-order valence-electron chi connectivity index (χ1n) is 4.40. The van der Waals surface area contributed by atoms with Crippen molar-refractivity contribution in [1.82, 2.24) is 5.48 Å². The van der Waals surface area contributed by atoms with E-state index < -0.39 is 0 Å². The lowest BCUT2D eigenvalue weighted by Crippen LogP contribution is -2.15. The average molecular weight is 165 g/mol. The van der Waals surface area contributed by atoms with E-state index in [0.717, 1.165) is 6.42 Å². The molecule has 1 aliphatic rings. The molecule has 0 unspecified atom stereocenters.